The van der Waals surface area contributed by atoms with Gasteiger partial charge in [-0.25, -0.2) is 0 Å². The van der Waals surface area contributed by atoms with E-state index in [9.17, 15) is 10.2 Å². The predicted octanol–water partition coefficient (Wildman–Crippen LogP) is 2.22. The fraction of sp³-hybridized carbons (Fsp3) is 0.571. The molecule has 0 saturated heterocycles. The largest absolute Gasteiger partial charge is 0.508 e. The molecule has 0 amide bonds. The molecule has 0 saturated carbocycles. The molecule has 94 valence electrons. The van der Waals surface area contributed by atoms with Gasteiger partial charge >= 0.3 is 0 Å². The van der Waals surface area contributed by atoms with Crippen molar-refractivity contribution in [1.29, 1.82) is 0 Å². The number of nitrogens with one attached hydrogen (secondary N) is 1. The van der Waals surface area contributed by atoms with Gasteiger partial charge in [-0.05, 0) is 43.4 Å². The summed E-state index contributed by atoms with van der Waals surface area (Å²) in [6.07, 6.45) is 0.627. The Bertz CT molecular complexity index is 415. The number of phenols is 1. The highest BCUT2D eigenvalue weighted by molar-refractivity contribution is 5.50. The van der Waals surface area contributed by atoms with E-state index >= 15 is 0 Å². The maximum atomic E-state index is 10.0. The third-order valence-corrected chi connectivity index (χ3v) is 3.57. The van der Waals surface area contributed by atoms with Gasteiger partial charge in [-0.3, -0.25) is 0 Å². The van der Waals surface area contributed by atoms with Gasteiger partial charge in [0.25, 0.3) is 0 Å². The molecule has 0 heterocycles. The van der Waals surface area contributed by atoms with Gasteiger partial charge in [0.1, 0.15) is 5.75 Å². The first-order valence-corrected chi connectivity index (χ1v) is 6.24. The summed E-state index contributed by atoms with van der Waals surface area (Å²) in [6.45, 7) is 6.60. The molecular weight excluding hydrogens is 214 g/mol. The molecule has 0 aliphatic heterocycles. The van der Waals surface area contributed by atoms with E-state index in [0.29, 0.717) is 18.2 Å². The number of phenolic OH excluding ortho intramolecular Hbond substituents is 1. The van der Waals surface area contributed by atoms with E-state index in [-0.39, 0.29) is 12.1 Å². The van der Waals surface area contributed by atoms with E-state index in [1.807, 2.05) is 6.07 Å². The van der Waals surface area contributed by atoms with E-state index in [2.05, 4.69) is 19.2 Å². The Kier molecular flexibility index (Phi) is 3.40. The number of benzene rings is 1. The van der Waals surface area contributed by atoms with Crippen molar-refractivity contribution < 1.29 is 10.2 Å². The first-order chi connectivity index (χ1) is 8.00. The van der Waals surface area contributed by atoms with Gasteiger partial charge in [-0.2, -0.15) is 0 Å². The van der Waals surface area contributed by atoms with Gasteiger partial charge in [0.2, 0.25) is 0 Å². The van der Waals surface area contributed by atoms with Crippen LogP contribution in [0.15, 0.2) is 12.1 Å². The summed E-state index contributed by atoms with van der Waals surface area (Å²) in [4.78, 5) is 0. The fourth-order valence-corrected chi connectivity index (χ4v) is 2.84. The maximum Gasteiger partial charge on any atom is 0.120 e. The second kappa shape index (κ2) is 4.67. The molecule has 1 aromatic rings. The Balaban J connectivity index is 2.30. The Morgan fingerprint density at radius 2 is 2.12 bits per heavy atom. The van der Waals surface area contributed by atoms with Crippen molar-refractivity contribution in [2.45, 2.75) is 45.3 Å². The van der Waals surface area contributed by atoms with Gasteiger partial charge in [0.05, 0.1) is 6.10 Å². The SMILES string of the molecule is Cc1ccc(O)c2c1C(C)CC2NCC(C)O. The molecule has 3 nitrogen and oxygen atoms in total. The van der Waals surface area contributed by atoms with Gasteiger partial charge < -0.3 is 15.5 Å². The molecule has 17 heavy (non-hydrogen) atoms. The molecule has 3 atom stereocenters. The van der Waals surface area contributed by atoms with Crippen LogP contribution in [0.25, 0.3) is 0 Å². The molecule has 1 aliphatic rings. The number of aryl methyl sites for hydroxylation is 1. The maximum absolute atomic E-state index is 10.0. The molecule has 3 heteroatoms. The quantitative estimate of drug-likeness (QED) is 0.753. The van der Waals surface area contributed by atoms with Gasteiger partial charge in [0, 0.05) is 18.2 Å². The fourth-order valence-electron chi connectivity index (χ4n) is 2.84. The average molecular weight is 235 g/mol. The van der Waals surface area contributed by atoms with E-state index in [0.717, 1.165) is 12.0 Å². The number of hydrogen-bond acceptors (Lipinski definition) is 3. The van der Waals surface area contributed by atoms with Crippen molar-refractivity contribution in [3.05, 3.63) is 28.8 Å². The number of fused-ring (bicyclic) bond motifs is 1. The number of rotatable bonds is 3. The molecule has 0 aromatic heterocycles. The highest BCUT2D eigenvalue weighted by Crippen LogP contribution is 2.45. The van der Waals surface area contributed by atoms with Crippen molar-refractivity contribution >= 4 is 0 Å². The summed E-state index contributed by atoms with van der Waals surface area (Å²) >= 11 is 0. The first-order valence-electron chi connectivity index (χ1n) is 6.24. The van der Waals surface area contributed by atoms with Crippen LogP contribution in [0.1, 0.15) is 48.9 Å². The predicted molar refractivity (Wildman–Crippen MR) is 68.3 cm³/mol. The zero-order valence-corrected chi connectivity index (χ0v) is 10.7. The lowest BCUT2D eigenvalue weighted by molar-refractivity contribution is 0.185. The average Bonchev–Trinajstić information content (AvgIpc) is 2.59. The van der Waals surface area contributed by atoms with E-state index in [4.69, 9.17) is 0 Å². The van der Waals surface area contributed by atoms with Crippen molar-refractivity contribution in [2.24, 2.45) is 0 Å². The van der Waals surface area contributed by atoms with Gasteiger partial charge in [-0.1, -0.05) is 13.0 Å². The second-order valence-corrected chi connectivity index (χ2v) is 5.18. The van der Waals surface area contributed by atoms with E-state index in [1.165, 1.54) is 11.1 Å². The summed E-state index contributed by atoms with van der Waals surface area (Å²) in [6, 6.07) is 3.90. The molecule has 0 radical (unpaired) electrons. The van der Waals surface area contributed by atoms with Crippen LogP contribution in [0.5, 0.6) is 5.75 Å². The lowest BCUT2D eigenvalue weighted by atomic mass is 9.97. The topological polar surface area (TPSA) is 52.5 Å². The zero-order chi connectivity index (χ0) is 12.6. The normalized spacial score (nSPS) is 24.7. The number of aliphatic hydroxyl groups is 1. The molecular formula is C14H21NO2. The molecule has 2 rings (SSSR count). The van der Waals surface area contributed by atoms with E-state index < -0.39 is 0 Å². The summed E-state index contributed by atoms with van der Waals surface area (Å²) in [7, 11) is 0. The molecule has 3 N–H and O–H groups in total. The third-order valence-electron chi connectivity index (χ3n) is 3.57. The first kappa shape index (κ1) is 12.4. The van der Waals surface area contributed by atoms with Crippen LogP contribution >= 0.6 is 0 Å². The van der Waals surface area contributed by atoms with Crippen molar-refractivity contribution in [2.75, 3.05) is 6.54 Å². The van der Waals surface area contributed by atoms with Crippen LogP contribution in [0.2, 0.25) is 0 Å². The van der Waals surface area contributed by atoms with Crippen molar-refractivity contribution in [3.63, 3.8) is 0 Å². The summed E-state index contributed by atoms with van der Waals surface area (Å²) in [5, 5.41) is 22.7. The second-order valence-electron chi connectivity index (χ2n) is 5.18. The van der Waals surface area contributed by atoms with Crippen molar-refractivity contribution in [3.8, 4) is 5.75 Å². The number of aliphatic hydroxyl groups excluding tert-OH is 1. The molecule has 0 bridgehead atoms. The minimum absolute atomic E-state index is 0.162. The Morgan fingerprint density at radius 3 is 2.76 bits per heavy atom. The molecule has 1 aromatic carbocycles. The number of aromatic hydroxyl groups is 1. The van der Waals surface area contributed by atoms with Gasteiger partial charge in [-0.15, -0.1) is 0 Å². The molecule has 3 unspecified atom stereocenters. The van der Waals surface area contributed by atoms with Crippen LogP contribution in [0.3, 0.4) is 0 Å². The Labute approximate surface area is 102 Å². The lowest BCUT2D eigenvalue weighted by Gasteiger charge is -2.16. The smallest absolute Gasteiger partial charge is 0.120 e. The Hall–Kier alpha value is -1.06. The van der Waals surface area contributed by atoms with Crippen molar-refractivity contribution in [1.82, 2.24) is 5.32 Å². The highest BCUT2D eigenvalue weighted by Gasteiger charge is 2.31. The van der Waals surface area contributed by atoms with E-state index in [1.54, 1.807) is 13.0 Å². The molecule has 1 aliphatic carbocycles. The monoisotopic (exact) mass is 235 g/mol. The van der Waals surface area contributed by atoms with Crippen LogP contribution in [-0.2, 0) is 0 Å². The van der Waals surface area contributed by atoms with Gasteiger partial charge in [0.15, 0.2) is 0 Å². The highest BCUT2D eigenvalue weighted by atomic mass is 16.3. The molecule has 0 fully saturated rings. The number of hydrogen-bond donors (Lipinski definition) is 3. The third kappa shape index (κ3) is 2.31. The van der Waals surface area contributed by atoms with Crippen LogP contribution in [-0.4, -0.2) is 22.9 Å². The summed E-state index contributed by atoms with van der Waals surface area (Å²) < 4.78 is 0. The van der Waals surface area contributed by atoms with Crippen LogP contribution in [0, 0.1) is 6.92 Å². The summed E-state index contributed by atoms with van der Waals surface area (Å²) in [5.41, 5.74) is 3.54. The van der Waals surface area contributed by atoms with Crippen LogP contribution in [0.4, 0.5) is 0 Å². The standard InChI is InChI=1S/C14H21NO2/c1-8-4-5-12(17)14-11(15-7-10(3)16)6-9(2)13(8)14/h4-5,9-11,15-17H,6-7H2,1-3H3. The van der Waals surface area contributed by atoms with Crippen LogP contribution < -0.4 is 5.32 Å². The summed E-state index contributed by atoms with van der Waals surface area (Å²) in [5.74, 6) is 0.835. The lowest BCUT2D eigenvalue weighted by Crippen LogP contribution is -2.27. The minimum Gasteiger partial charge on any atom is -0.508 e. The Morgan fingerprint density at radius 1 is 1.41 bits per heavy atom. The zero-order valence-electron chi connectivity index (χ0n) is 10.7. The molecule has 0 spiro atoms. The minimum atomic E-state index is -0.360.